The van der Waals surface area contributed by atoms with Crippen molar-refractivity contribution in [2.75, 3.05) is 19.6 Å². The van der Waals surface area contributed by atoms with E-state index in [1.165, 1.54) is 0 Å². The number of carbonyl (C=O) groups excluding carboxylic acids is 2. The maximum Gasteiger partial charge on any atom is 0.320 e. The maximum absolute atomic E-state index is 11.8. The zero-order valence-electron chi connectivity index (χ0n) is 20.0. The lowest BCUT2D eigenvalue weighted by molar-refractivity contribution is -0.310. The average Bonchev–Trinajstić information content (AvgIpc) is 2.75. The summed E-state index contributed by atoms with van der Waals surface area (Å²) in [5.74, 6) is 6.89. The van der Waals surface area contributed by atoms with Gasteiger partial charge in [-0.2, -0.15) is 0 Å². The lowest BCUT2D eigenvalue weighted by atomic mass is 10.1. The Morgan fingerprint density at radius 2 is 1.44 bits per heavy atom. The second-order valence-corrected chi connectivity index (χ2v) is 7.85. The molecule has 0 radical (unpaired) electrons. The van der Waals surface area contributed by atoms with Crippen molar-refractivity contribution >= 4 is 23.8 Å². The number of aliphatic carboxylic acids is 3. The number of nitrogens with zero attached hydrogens (tertiary/aromatic N) is 2. The Balaban J connectivity index is 4.03. The summed E-state index contributed by atoms with van der Waals surface area (Å²) >= 11 is 0. The number of carboxylic acids is 3. The van der Waals surface area contributed by atoms with Crippen LogP contribution in [-0.4, -0.2) is 59.5 Å². The van der Waals surface area contributed by atoms with E-state index in [4.69, 9.17) is 0 Å². The second-order valence-electron chi connectivity index (χ2n) is 7.85. The van der Waals surface area contributed by atoms with Gasteiger partial charge < -0.3 is 35.0 Å². The highest BCUT2D eigenvalue weighted by Crippen LogP contribution is 2.11. The third-order valence-electron chi connectivity index (χ3n) is 4.92. The predicted octanol–water partition coefficient (Wildman–Crippen LogP) is -0.292. The van der Waals surface area contributed by atoms with E-state index >= 15 is 0 Å². The molecule has 1 atom stereocenters. The molecule has 0 aromatic carbocycles. The monoisotopic (exact) mass is 475 g/mol. The van der Waals surface area contributed by atoms with Gasteiger partial charge >= 0.3 is 5.97 Å². The normalized spacial score (nSPS) is 11.8. The van der Waals surface area contributed by atoms with Gasteiger partial charge in [-0.25, -0.2) is 0 Å². The molecular weight excluding hydrogens is 440 g/mol. The van der Waals surface area contributed by atoms with Crippen molar-refractivity contribution in [2.45, 2.75) is 90.0 Å². The van der Waals surface area contributed by atoms with Crippen LogP contribution in [0.15, 0.2) is 4.99 Å². The van der Waals surface area contributed by atoms with E-state index in [1.807, 2.05) is 6.92 Å². The van der Waals surface area contributed by atoms with Crippen molar-refractivity contribution in [3.63, 3.8) is 0 Å². The number of hydrogen-bond acceptors (Lipinski definition) is 8. The first-order valence-corrected chi connectivity index (χ1v) is 11.8. The number of carboxylic acid groups (broad SMARTS) is 3. The number of hydrogen-bond donors (Lipinski definition) is 1. The van der Waals surface area contributed by atoms with Gasteiger partial charge in [-0.05, 0) is 56.3 Å². The zero-order chi connectivity index (χ0) is 25.6. The van der Waals surface area contributed by atoms with Crippen LogP contribution in [0.1, 0.15) is 84.0 Å². The molecule has 0 rings (SSSR count). The van der Waals surface area contributed by atoms with Crippen LogP contribution < -0.4 is 15.3 Å². The molecule has 0 amide bonds. The Hall–Kier alpha value is -3.04. The topological polar surface area (TPSA) is 156 Å². The van der Waals surface area contributed by atoms with Gasteiger partial charge in [0.05, 0.1) is 11.9 Å². The maximum atomic E-state index is 11.8. The molecule has 0 aliphatic rings. The Kier molecular flexibility index (Phi) is 18.7. The summed E-state index contributed by atoms with van der Waals surface area (Å²) in [7, 11) is 0. The Bertz CT molecular complexity index is 756. The molecule has 0 fully saturated rings. The third kappa shape index (κ3) is 18.5. The van der Waals surface area contributed by atoms with Crippen LogP contribution in [0.4, 0.5) is 0 Å². The molecule has 0 bridgehead atoms. The predicted molar refractivity (Wildman–Crippen MR) is 122 cm³/mol. The number of rotatable bonds is 19. The minimum absolute atomic E-state index is 0.0251. The molecule has 0 heterocycles. The molecule has 1 unspecified atom stereocenters. The van der Waals surface area contributed by atoms with Gasteiger partial charge in [-0.15, -0.1) is 0 Å². The van der Waals surface area contributed by atoms with Gasteiger partial charge in [0.15, 0.2) is 0 Å². The summed E-state index contributed by atoms with van der Waals surface area (Å²) in [5, 5.41) is 42.7. The average molecular weight is 476 g/mol. The van der Waals surface area contributed by atoms with Crippen LogP contribution in [0.2, 0.25) is 0 Å². The summed E-state index contributed by atoms with van der Waals surface area (Å²) in [5.41, 5.74) is 0. The van der Waals surface area contributed by atoms with E-state index in [1.54, 1.807) is 0 Å². The second kappa shape index (κ2) is 20.6. The third-order valence-corrected chi connectivity index (χ3v) is 4.92. The van der Waals surface area contributed by atoms with E-state index in [0.717, 1.165) is 56.3 Å². The van der Waals surface area contributed by atoms with Crippen molar-refractivity contribution in [2.24, 2.45) is 4.99 Å². The number of unbranched alkanes of at least 4 members (excludes halogenated alkanes) is 7. The molecule has 0 aromatic heterocycles. The van der Waals surface area contributed by atoms with Gasteiger partial charge in [-0.1, -0.05) is 44.4 Å². The minimum Gasteiger partial charge on any atom is -0.862 e. The molecule has 0 saturated heterocycles. The summed E-state index contributed by atoms with van der Waals surface area (Å²) in [6.45, 7) is 0.586. The van der Waals surface area contributed by atoms with Gasteiger partial charge in [-0.3, -0.25) is 9.69 Å². The highest BCUT2D eigenvalue weighted by Gasteiger charge is 2.25. The Morgan fingerprint density at radius 3 is 2.03 bits per heavy atom. The highest BCUT2D eigenvalue weighted by molar-refractivity contribution is 5.77. The van der Waals surface area contributed by atoms with Crippen molar-refractivity contribution in [1.29, 1.82) is 0 Å². The molecule has 9 heteroatoms. The fourth-order valence-corrected chi connectivity index (χ4v) is 3.24. The SMILES string of the molecule is CCC#CC#CCCCCCCCCC([O-])=NCCCCC(C(=O)O)N(CC(=O)[O-])CC(=O)[O-]. The van der Waals surface area contributed by atoms with Crippen LogP contribution in [-0.2, 0) is 14.4 Å². The van der Waals surface area contributed by atoms with E-state index in [0.29, 0.717) is 19.3 Å². The molecule has 0 aliphatic heterocycles. The summed E-state index contributed by atoms with van der Waals surface area (Å²) in [4.78, 5) is 37.7. The van der Waals surface area contributed by atoms with Gasteiger partial charge in [0.25, 0.3) is 0 Å². The first-order chi connectivity index (χ1) is 16.3. The number of carbonyl (C=O) groups is 3. The summed E-state index contributed by atoms with van der Waals surface area (Å²) in [6, 6.07) is -1.30. The van der Waals surface area contributed by atoms with E-state index < -0.39 is 37.0 Å². The summed E-state index contributed by atoms with van der Waals surface area (Å²) < 4.78 is 0. The molecule has 190 valence electrons. The van der Waals surface area contributed by atoms with Crippen molar-refractivity contribution in [3.05, 3.63) is 0 Å². The number of aliphatic imine (C=N–C) groups is 1. The van der Waals surface area contributed by atoms with E-state index in [2.05, 4.69) is 28.7 Å². The van der Waals surface area contributed by atoms with Gasteiger partial charge in [0, 0.05) is 32.5 Å². The zero-order valence-corrected chi connectivity index (χ0v) is 20.0. The van der Waals surface area contributed by atoms with Gasteiger partial charge in [0.2, 0.25) is 0 Å². The molecule has 0 spiro atoms. The molecule has 1 N–H and O–H groups in total. The van der Waals surface area contributed by atoms with Gasteiger partial charge in [0.1, 0.15) is 6.04 Å². The van der Waals surface area contributed by atoms with Crippen LogP contribution in [0, 0.1) is 23.7 Å². The fourth-order valence-electron chi connectivity index (χ4n) is 3.24. The quantitative estimate of drug-likeness (QED) is 0.116. The minimum atomic E-state index is -1.57. The van der Waals surface area contributed by atoms with Crippen LogP contribution >= 0.6 is 0 Å². The first kappa shape index (κ1) is 31.0. The smallest absolute Gasteiger partial charge is 0.320 e. The molecule has 0 aliphatic carbocycles. The Morgan fingerprint density at radius 1 is 0.853 bits per heavy atom. The molecule has 9 nitrogen and oxygen atoms in total. The standard InChI is InChI=1S/C25H38N2O7/c1-2-3-4-5-6-7-8-9-10-11-12-13-17-22(28)26-18-15-14-16-21(25(33)34)27(19-23(29)30)20-24(31)32/h21H,2,7-20H2,1H3,(H,26,28)(H,29,30)(H,31,32)(H,33,34)/p-3. The Labute approximate surface area is 202 Å². The molecule has 0 aromatic rings. The van der Waals surface area contributed by atoms with E-state index in [-0.39, 0.29) is 18.9 Å². The van der Waals surface area contributed by atoms with Crippen molar-refractivity contribution < 1.29 is 34.8 Å². The lowest BCUT2D eigenvalue weighted by Crippen LogP contribution is -2.51. The van der Waals surface area contributed by atoms with E-state index in [9.17, 15) is 34.8 Å². The molecular formula is C25H35N2O7-3. The van der Waals surface area contributed by atoms with Crippen molar-refractivity contribution in [3.8, 4) is 23.7 Å². The van der Waals surface area contributed by atoms with Crippen LogP contribution in [0.25, 0.3) is 0 Å². The highest BCUT2D eigenvalue weighted by atomic mass is 16.4. The molecule has 34 heavy (non-hydrogen) atoms. The van der Waals surface area contributed by atoms with Crippen LogP contribution in [0.5, 0.6) is 0 Å². The van der Waals surface area contributed by atoms with Crippen molar-refractivity contribution in [1.82, 2.24) is 4.90 Å². The molecule has 0 saturated carbocycles. The lowest BCUT2D eigenvalue weighted by Gasteiger charge is -2.29. The summed E-state index contributed by atoms with van der Waals surface area (Å²) in [6.07, 6.45) is 8.92. The van der Waals surface area contributed by atoms with Crippen LogP contribution in [0.3, 0.4) is 0 Å². The first-order valence-electron chi connectivity index (χ1n) is 11.8. The fraction of sp³-hybridized carbons (Fsp3) is 0.680. The largest absolute Gasteiger partial charge is 0.862 e.